The SMILES string of the molecule is C=C1CC(c2nc(-c3ccc(F)c(NC(=O)c4cnc5ccccn45)c3)no2)C1. The molecule has 5 rings (SSSR count). The summed E-state index contributed by atoms with van der Waals surface area (Å²) < 4.78 is 21.3. The Morgan fingerprint density at radius 1 is 1.28 bits per heavy atom. The molecule has 3 aromatic heterocycles. The van der Waals surface area contributed by atoms with Crippen molar-refractivity contribution in [3.8, 4) is 11.4 Å². The van der Waals surface area contributed by atoms with Crippen LogP contribution in [0.5, 0.6) is 0 Å². The van der Waals surface area contributed by atoms with Gasteiger partial charge in [0.25, 0.3) is 5.91 Å². The summed E-state index contributed by atoms with van der Waals surface area (Å²) in [5.74, 6) is 0.0610. The number of amides is 1. The molecule has 0 bridgehead atoms. The molecule has 3 heterocycles. The number of hydrogen-bond acceptors (Lipinski definition) is 5. The molecule has 1 fully saturated rings. The van der Waals surface area contributed by atoms with E-state index in [1.54, 1.807) is 28.8 Å². The number of carbonyl (C=O) groups excluding carboxylic acids is 1. The van der Waals surface area contributed by atoms with E-state index in [0.717, 1.165) is 18.4 Å². The first-order valence-corrected chi connectivity index (χ1v) is 9.12. The Bertz CT molecular complexity index is 1250. The van der Waals surface area contributed by atoms with Crippen LogP contribution in [0.1, 0.15) is 35.1 Å². The molecule has 1 amide bonds. The average molecular weight is 389 g/mol. The van der Waals surface area contributed by atoms with Crippen molar-refractivity contribution >= 4 is 17.2 Å². The molecule has 1 saturated carbocycles. The number of fused-ring (bicyclic) bond motifs is 1. The first kappa shape index (κ1) is 17.3. The molecule has 0 saturated heterocycles. The van der Waals surface area contributed by atoms with Gasteiger partial charge in [-0.3, -0.25) is 9.20 Å². The molecule has 0 aliphatic heterocycles. The van der Waals surface area contributed by atoms with E-state index in [2.05, 4.69) is 27.0 Å². The van der Waals surface area contributed by atoms with Crippen molar-refractivity contribution in [2.75, 3.05) is 5.32 Å². The number of anilines is 1. The molecule has 1 aromatic carbocycles. The minimum absolute atomic E-state index is 0.0294. The normalized spacial score (nSPS) is 14.2. The Kier molecular flexibility index (Phi) is 3.97. The third-order valence-electron chi connectivity index (χ3n) is 4.98. The van der Waals surface area contributed by atoms with Gasteiger partial charge in [-0.25, -0.2) is 9.37 Å². The number of rotatable bonds is 4. The van der Waals surface area contributed by atoms with E-state index in [9.17, 15) is 9.18 Å². The van der Waals surface area contributed by atoms with E-state index in [1.165, 1.54) is 18.3 Å². The maximum Gasteiger partial charge on any atom is 0.274 e. The number of imidazole rings is 1. The Labute approximate surface area is 164 Å². The molecule has 7 nitrogen and oxygen atoms in total. The fourth-order valence-corrected chi connectivity index (χ4v) is 3.38. The number of benzene rings is 1. The second-order valence-electron chi connectivity index (χ2n) is 7.03. The summed E-state index contributed by atoms with van der Waals surface area (Å²) in [6.07, 6.45) is 4.85. The zero-order chi connectivity index (χ0) is 20.0. The van der Waals surface area contributed by atoms with Crippen LogP contribution in [0.3, 0.4) is 0 Å². The number of aromatic nitrogens is 4. The second-order valence-corrected chi connectivity index (χ2v) is 7.03. The molecular formula is C21H16FN5O2. The van der Waals surface area contributed by atoms with Crippen molar-refractivity contribution < 1.29 is 13.7 Å². The van der Waals surface area contributed by atoms with Crippen LogP contribution in [-0.2, 0) is 0 Å². The molecule has 1 aliphatic rings. The van der Waals surface area contributed by atoms with Crippen LogP contribution < -0.4 is 5.32 Å². The van der Waals surface area contributed by atoms with E-state index < -0.39 is 11.7 Å². The molecule has 1 aliphatic carbocycles. The van der Waals surface area contributed by atoms with Gasteiger partial charge in [0.2, 0.25) is 11.7 Å². The topological polar surface area (TPSA) is 85.3 Å². The third kappa shape index (κ3) is 3.08. The fourth-order valence-electron chi connectivity index (χ4n) is 3.38. The van der Waals surface area contributed by atoms with Gasteiger partial charge in [-0.05, 0) is 43.2 Å². The van der Waals surface area contributed by atoms with Crippen LogP contribution in [0.15, 0.2) is 65.5 Å². The number of hydrogen-bond donors (Lipinski definition) is 1. The largest absolute Gasteiger partial charge is 0.339 e. The smallest absolute Gasteiger partial charge is 0.274 e. The maximum absolute atomic E-state index is 14.3. The van der Waals surface area contributed by atoms with E-state index >= 15 is 0 Å². The maximum atomic E-state index is 14.3. The first-order chi connectivity index (χ1) is 14.1. The lowest BCUT2D eigenvalue weighted by Gasteiger charge is -2.24. The van der Waals surface area contributed by atoms with Crippen molar-refractivity contribution in [1.82, 2.24) is 19.5 Å². The zero-order valence-electron chi connectivity index (χ0n) is 15.3. The Morgan fingerprint density at radius 2 is 2.14 bits per heavy atom. The second kappa shape index (κ2) is 6.66. The van der Waals surface area contributed by atoms with Crippen molar-refractivity contribution in [3.63, 3.8) is 0 Å². The summed E-state index contributed by atoms with van der Waals surface area (Å²) in [4.78, 5) is 21.2. The molecular weight excluding hydrogens is 373 g/mol. The first-order valence-electron chi connectivity index (χ1n) is 9.12. The Hall–Kier alpha value is -3.81. The van der Waals surface area contributed by atoms with Gasteiger partial charge in [-0.15, -0.1) is 0 Å². The van der Waals surface area contributed by atoms with E-state index in [0.29, 0.717) is 28.6 Å². The quantitative estimate of drug-likeness (QED) is 0.529. The molecule has 144 valence electrons. The molecule has 0 spiro atoms. The van der Waals surface area contributed by atoms with E-state index in [-0.39, 0.29) is 11.6 Å². The highest BCUT2D eigenvalue weighted by molar-refractivity contribution is 6.03. The predicted octanol–water partition coefficient (Wildman–Crippen LogP) is 4.21. The minimum atomic E-state index is -0.560. The Morgan fingerprint density at radius 3 is 2.97 bits per heavy atom. The van der Waals surface area contributed by atoms with E-state index in [1.807, 2.05) is 6.07 Å². The van der Waals surface area contributed by atoms with Crippen LogP contribution in [-0.4, -0.2) is 25.4 Å². The zero-order valence-corrected chi connectivity index (χ0v) is 15.3. The molecule has 29 heavy (non-hydrogen) atoms. The van der Waals surface area contributed by atoms with Crippen molar-refractivity contribution in [3.05, 3.63) is 78.3 Å². The molecule has 0 atom stereocenters. The van der Waals surface area contributed by atoms with Crippen molar-refractivity contribution in [1.29, 1.82) is 0 Å². The summed E-state index contributed by atoms with van der Waals surface area (Å²) in [6, 6.07) is 9.70. The summed E-state index contributed by atoms with van der Waals surface area (Å²) >= 11 is 0. The summed E-state index contributed by atoms with van der Waals surface area (Å²) in [5, 5.41) is 6.59. The number of nitrogens with one attached hydrogen (secondary N) is 1. The summed E-state index contributed by atoms with van der Waals surface area (Å²) in [5.41, 5.74) is 2.67. The fraction of sp³-hybridized carbons (Fsp3) is 0.143. The average Bonchev–Trinajstić information content (AvgIpc) is 3.34. The van der Waals surface area contributed by atoms with Crippen LogP contribution in [0.25, 0.3) is 17.0 Å². The van der Waals surface area contributed by atoms with Crippen LogP contribution in [0.2, 0.25) is 0 Å². The Balaban J connectivity index is 1.41. The molecule has 0 radical (unpaired) electrons. The standard InChI is InChI=1S/C21H16FN5O2/c1-12-8-14(9-12)21-25-19(26-29-21)13-5-6-15(22)16(10-13)24-20(28)17-11-23-18-4-2-3-7-27(17)18/h2-7,10-11,14H,1,8-9H2,(H,24,28). The van der Waals surface area contributed by atoms with E-state index in [4.69, 9.17) is 4.52 Å². The van der Waals surface area contributed by atoms with Gasteiger partial charge in [-0.2, -0.15) is 4.98 Å². The minimum Gasteiger partial charge on any atom is -0.339 e. The van der Waals surface area contributed by atoms with Gasteiger partial charge < -0.3 is 9.84 Å². The third-order valence-corrected chi connectivity index (χ3v) is 4.98. The number of allylic oxidation sites excluding steroid dienone is 1. The van der Waals surface area contributed by atoms with Crippen molar-refractivity contribution in [2.24, 2.45) is 0 Å². The lowest BCUT2D eigenvalue weighted by Crippen LogP contribution is -2.15. The van der Waals surface area contributed by atoms with Gasteiger partial charge in [-0.1, -0.05) is 23.4 Å². The van der Waals surface area contributed by atoms with Crippen LogP contribution in [0.4, 0.5) is 10.1 Å². The van der Waals surface area contributed by atoms with Gasteiger partial charge in [0, 0.05) is 17.7 Å². The highest BCUT2D eigenvalue weighted by atomic mass is 19.1. The number of pyridine rings is 1. The highest BCUT2D eigenvalue weighted by Crippen LogP contribution is 2.39. The monoisotopic (exact) mass is 389 g/mol. The lowest BCUT2D eigenvalue weighted by atomic mass is 9.81. The number of halogens is 1. The highest BCUT2D eigenvalue weighted by Gasteiger charge is 2.28. The van der Waals surface area contributed by atoms with Gasteiger partial charge in [0.1, 0.15) is 17.2 Å². The lowest BCUT2D eigenvalue weighted by molar-refractivity contribution is 0.102. The van der Waals surface area contributed by atoms with Crippen LogP contribution >= 0.6 is 0 Å². The number of nitrogens with zero attached hydrogens (tertiary/aromatic N) is 4. The molecule has 8 heteroatoms. The summed E-state index contributed by atoms with van der Waals surface area (Å²) in [7, 11) is 0. The summed E-state index contributed by atoms with van der Waals surface area (Å²) in [6.45, 7) is 3.91. The van der Waals surface area contributed by atoms with Crippen LogP contribution in [0, 0.1) is 5.82 Å². The predicted molar refractivity (Wildman–Crippen MR) is 104 cm³/mol. The molecule has 1 N–H and O–H groups in total. The van der Waals surface area contributed by atoms with Gasteiger partial charge >= 0.3 is 0 Å². The number of carbonyl (C=O) groups is 1. The molecule has 4 aromatic rings. The van der Waals surface area contributed by atoms with Crippen molar-refractivity contribution in [2.45, 2.75) is 18.8 Å². The van der Waals surface area contributed by atoms with Gasteiger partial charge in [0.15, 0.2) is 0 Å². The molecule has 0 unspecified atom stereocenters. The van der Waals surface area contributed by atoms with Gasteiger partial charge in [0.05, 0.1) is 11.9 Å².